The first-order valence-corrected chi connectivity index (χ1v) is 23.8. The lowest BCUT2D eigenvalue weighted by atomic mass is 10.0. The zero-order valence-corrected chi connectivity index (χ0v) is 36.8. The van der Waals surface area contributed by atoms with Crippen molar-refractivity contribution in [2.45, 2.75) is 179 Å². The van der Waals surface area contributed by atoms with E-state index in [9.17, 15) is 33.8 Å². The molecule has 0 unspecified atom stereocenters. The maximum atomic E-state index is 12.9. The largest absolute Gasteiger partial charge is 0.481 e. The summed E-state index contributed by atoms with van der Waals surface area (Å²) in [6.07, 6.45) is 33.2. The number of hydrogen-bond acceptors (Lipinski definition) is 10. The van der Waals surface area contributed by atoms with Gasteiger partial charge in [-0.15, -0.1) is 11.8 Å². The third-order valence-electron chi connectivity index (χ3n) is 9.03. The number of thioether (sulfide) groups is 1. The minimum Gasteiger partial charge on any atom is -0.481 e. The van der Waals surface area contributed by atoms with Crippen LogP contribution >= 0.6 is 19.6 Å². The van der Waals surface area contributed by atoms with E-state index in [1.165, 1.54) is 82.4 Å². The number of carboxylic acid groups (broad SMARTS) is 1. The summed E-state index contributed by atoms with van der Waals surface area (Å²) in [6.45, 7) is 5.53. The van der Waals surface area contributed by atoms with Crippen LogP contribution < -0.4 is 5.73 Å². The molecule has 0 fully saturated rings. The van der Waals surface area contributed by atoms with Gasteiger partial charge >= 0.3 is 25.7 Å². The number of unbranched alkanes of at least 4 members (excludes halogenated alkanes) is 13. The highest BCUT2D eigenvalue weighted by atomic mass is 32.2. The quantitative estimate of drug-likeness (QED) is 0.0129. The van der Waals surface area contributed by atoms with Crippen LogP contribution in [0.5, 0.6) is 0 Å². The van der Waals surface area contributed by atoms with E-state index in [2.05, 4.69) is 37.4 Å². The average molecular weight is 846 g/mol. The minimum atomic E-state index is -4.91. The van der Waals surface area contributed by atoms with E-state index in [4.69, 9.17) is 20.3 Å². The summed E-state index contributed by atoms with van der Waals surface area (Å²) in [5.74, 6) is -1.60. The van der Waals surface area contributed by atoms with Crippen molar-refractivity contribution in [1.29, 1.82) is 0 Å². The molecule has 0 rings (SSSR count). The fourth-order valence-electron chi connectivity index (χ4n) is 5.69. The zero-order valence-electron chi connectivity index (χ0n) is 35.1. The number of nitrogens with two attached hydrogens (primary N) is 1. The van der Waals surface area contributed by atoms with Gasteiger partial charge in [0, 0.05) is 23.8 Å². The van der Waals surface area contributed by atoms with Crippen molar-refractivity contribution in [1.82, 2.24) is 0 Å². The van der Waals surface area contributed by atoms with Gasteiger partial charge in [0.25, 0.3) is 0 Å². The lowest BCUT2D eigenvalue weighted by Gasteiger charge is -2.23. The molecule has 0 saturated heterocycles. The number of ether oxygens (including phenoxy) is 2. The lowest BCUT2D eigenvalue weighted by molar-refractivity contribution is -0.161. The van der Waals surface area contributed by atoms with Crippen molar-refractivity contribution in [2.75, 3.05) is 19.0 Å². The summed E-state index contributed by atoms with van der Waals surface area (Å²) in [7, 11) is -4.91. The van der Waals surface area contributed by atoms with Crippen LogP contribution in [0.4, 0.5) is 0 Å². The van der Waals surface area contributed by atoms with Crippen LogP contribution in [-0.4, -0.2) is 80.4 Å². The average Bonchev–Trinajstić information content (AvgIpc) is 3.15. The highest BCUT2D eigenvalue weighted by molar-refractivity contribution is 8.00. The third-order valence-corrected chi connectivity index (χ3v) is 10.9. The predicted molar refractivity (Wildman–Crippen MR) is 231 cm³/mol. The number of phosphoric ester groups is 1. The van der Waals surface area contributed by atoms with Crippen LogP contribution in [-0.2, 0) is 32.9 Å². The molecule has 330 valence electrons. The monoisotopic (exact) mass is 845 g/mol. The Kier molecular flexibility index (Phi) is 35.3. The molecule has 4 atom stereocenters. The molecule has 0 saturated carbocycles. The van der Waals surface area contributed by atoms with Crippen LogP contribution in [0.3, 0.4) is 0 Å². The van der Waals surface area contributed by atoms with Crippen molar-refractivity contribution in [3.63, 3.8) is 0 Å². The van der Waals surface area contributed by atoms with Gasteiger partial charge in [0.1, 0.15) is 12.6 Å². The van der Waals surface area contributed by atoms with Crippen LogP contribution in [0.15, 0.2) is 48.6 Å². The number of allylic oxidation sites excluding steroid dienone is 7. The first-order chi connectivity index (χ1) is 27.2. The highest BCUT2D eigenvalue weighted by Gasteiger charge is 2.27. The Morgan fingerprint density at radius 3 is 2.00 bits per heavy atom. The van der Waals surface area contributed by atoms with Crippen molar-refractivity contribution in [3.8, 4) is 0 Å². The standard InChI is InChI=1S/C43H76NO11PS/c1-4-5-6-7-8-9-10-13-16-19-22-25-30-40(39(45)29-27-31-41(46)47)57-35-38(44)43(49)55-37(34-54-56(50,51)52)33-53-42(48)32-26-23-20-17-14-11-12-15-18-21-24-28-36(2)3/h8-9,13,16,19,22,25,30,36-40,45H,4-7,10-12,14-15,17-18,20-21,23-24,26-29,31-35,44H2,1-3H3,(H,46,47)(H2,50,51,52)/b9-8-,16-13-,22-19+,30-25+/t37-,38+,39+,40-/m1/s1. The Hall–Kier alpha value is -2.25. The van der Waals surface area contributed by atoms with Gasteiger partial charge in [-0.2, -0.15) is 0 Å². The van der Waals surface area contributed by atoms with E-state index in [1.54, 1.807) is 18.2 Å². The SMILES string of the molecule is CCCCC/C=C\C\C=C/C=C/C=C/[C@@H](SC[C@H](N)C(=O)O[C@H](COC(=O)CCCCCCCCCCCCCC(C)C)COP(=O)(O)O)[C@@H](O)CCCC(=O)O. The fraction of sp³-hybridized carbons (Fsp3) is 0.744. The van der Waals surface area contributed by atoms with Gasteiger partial charge in [-0.3, -0.25) is 18.9 Å². The van der Waals surface area contributed by atoms with Gasteiger partial charge in [-0.05, 0) is 44.4 Å². The van der Waals surface area contributed by atoms with E-state index in [1.807, 2.05) is 18.2 Å². The molecule has 0 bridgehead atoms. The van der Waals surface area contributed by atoms with Crippen LogP contribution in [0.1, 0.15) is 156 Å². The number of hydrogen-bond donors (Lipinski definition) is 5. The smallest absolute Gasteiger partial charge is 0.469 e. The first kappa shape index (κ1) is 54.8. The second-order valence-corrected chi connectivity index (χ2v) is 17.5. The number of aliphatic hydroxyl groups is 1. The number of phosphoric acid groups is 1. The topological polar surface area (TPSA) is 203 Å². The van der Waals surface area contributed by atoms with E-state index in [0.717, 1.165) is 38.0 Å². The number of rotatable bonds is 38. The van der Waals surface area contributed by atoms with Crippen molar-refractivity contribution < 1.29 is 52.9 Å². The molecule has 0 aromatic rings. The summed E-state index contributed by atoms with van der Waals surface area (Å²) < 4.78 is 26.5. The molecule has 0 aliphatic carbocycles. The molecule has 57 heavy (non-hydrogen) atoms. The lowest BCUT2D eigenvalue weighted by Crippen LogP contribution is -2.40. The summed E-state index contributed by atoms with van der Waals surface area (Å²) in [6, 6.07) is -1.20. The van der Waals surface area contributed by atoms with Gasteiger partial charge in [-0.1, -0.05) is 153 Å². The number of carbonyl (C=O) groups is 3. The molecule has 6 N–H and O–H groups in total. The Bertz CT molecular complexity index is 1200. The second kappa shape index (κ2) is 36.8. The maximum Gasteiger partial charge on any atom is 0.469 e. The second-order valence-electron chi connectivity index (χ2n) is 15.0. The predicted octanol–water partition coefficient (Wildman–Crippen LogP) is 9.52. The Balaban J connectivity index is 4.89. The number of carbonyl (C=O) groups excluding carboxylic acids is 2. The minimum absolute atomic E-state index is 0.00232. The fourth-order valence-corrected chi connectivity index (χ4v) is 7.17. The molecule has 0 amide bonds. The molecule has 0 radical (unpaired) electrons. The van der Waals surface area contributed by atoms with E-state index in [0.29, 0.717) is 6.42 Å². The zero-order chi connectivity index (χ0) is 42.6. The van der Waals surface area contributed by atoms with Gasteiger partial charge < -0.3 is 35.2 Å². The molecule has 14 heteroatoms. The molecule has 0 aromatic carbocycles. The Morgan fingerprint density at radius 1 is 0.754 bits per heavy atom. The van der Waals surface area contributed by atoms with E-state index >= 15 is 0 Å². The molecule has 0 aromatic heterocycles. The molecule has 0 heterocycles. The number of aliphatic hydroxyl groups excluding tert-OH is 1. The van der Waals surface area contributed by atoms with Gasteiger partial charge in [0.15, 0.2) is 6.10 Å². The first-order valence-electron chi connectivity index (χ1n) is 21.2. The van der Waals surface area contributed by atoms with E-state index < -0.39 is 62.4 Å². The summed E-state index contributed by atoms with van der Waals surface area (Å²) >= 11 is 1.18. The normalized spacial score (nSPS) is 14.6. The molecular weight excluding hydrogens is 770 g/mol. The number of esters is 2. The van der Waals surface area contributed by atoms with Crippen LogP contribution in [0.2, 0.25) is 0 Å². The maximum absolute atomic E-state index is 12.9. The highest BCUT2D eigenvalue weighted by Crippen LogP contribution is 2.36. The molecular formula is C43H76NO11PS. The Morgan fingerprint density at radius 2 is 1.39 bits per heavy atom. The number of carboxylic acids is 1. The van der Waals surface area contributed by atoms with Crippen molar-refractivity contribution in [3.05, 3.63) is 48.6 Å². The number of aliphatic carboxylic acids is 1. The van der Waals surface area contributed by atoms with Crippen molar-refractivity contribution in [2.24, 2.45) is 11.7 Å². The molecule has 0 aliphatic rings. The molecule has 0 aliphatic heterocycles. The molecule has 12 nitrogen and oxygen atoms in total. The summed E-state index contributed by atoms with van der Waals surface area (Å²) in [5, 5.41) is 19.3. The van der Waals surface area contributed by atoms with Crippen LogP contribution in [0.25, 0.3) is 0 Å². The van der Waals surface area contributed by atoms with Gasteiger partial charge in [-0.25, -0.2) is 4.57 Å². The Labute approximate surface area is 347 Å². The van der Waals surface area contributed by atoms with Gasteiger partial charge in [0.2, 0.25) is 0 Å². The van der Waals surface area contributed by atoms with Gasteiger partial charge in [0.05, 0.1) is 12.7 Å². The van der Waals surface area contributed by atoms with Crippen molar-refractivity contribution >= 4 is 37.5 Å². The molecule has 0 spiro atoms. The third kappa shape index (κ3) is 37.8. The summed E-state index contributed by atoms with van der Waals surface area (Å²) in [4.78, 5) is 54.7. The summed E-state index contributed by atoms with van der Waals surface area (Å²) in [5.41, 5.74) is 6.12. The van der Waals surface area contributed by atoms with Crippen LogP contribution in [0, 0.1) is 5.92 Å². The van der Waals surface area contributed by atoms with E-state index in [-0.39, 0.29) is 31.4 Å².